The Morgan fingerprint density at radius 1 is 1.48 bits per heavy atom. The first kappa shape index (κ1) is 17.8. The zero-order valence-corrected chi connectivity index (χ0v) is 13.2. The number of rotatable bonds is 5. The number of ketones is 1. The van der Waals surface area contributed by atoms with Crippen molar-refractivity contribution in [3.05, 3.63) is 35.1 Å². The summed E-state index contributed by atoms with van der Waals surface area (Å²) in [5.41, 5.74) is -0.914. The van der Waals surface area contributed by atoms with Gasteiger partial charge >= 0.3 is 6.18 Å². The predicted octanol–water partition coefficient (Wildman–Crippen LogP) is 3.88. The van der Waals surface area contributed by atoms with Gasteiger partial charge in [-0.25, -0.2) is 4.98 Å². The van der Waals surface area contributed by atoms with Crippen molar-refractivity contribution < 1.29 is 18.0 Å². The number of pyridine rings is 1. The summed E-state index contributed by atoms with van der Waals surface area (Å²) >= 11 is 6.81. The Hall–Kier alpha value is -1.21. The number of hydrogen-bond donors (Lipinski definition) is 0. The lowest BCUT2D eigenvalue weighted by molar-refractivity contribution is -0.137. The average Bonchev–Trinajstić information content (AvgIpc) is 2.36. The maximum absolute atomic E-state index is 12.5. The second-order valence-corrected chi connectivity index (χ2v) is 6.19. The third-order valence-corrected chi connectivity index (χ3v) is 3.90. The summed E-state index contributed by atoms with van der Waals surface area (Å²) in [7, 11) is 3.55. The van der Waals surface area contributed by atoms with Crippen LogP contribution in [0.2, 0.25) is 5.02 Å². The minimum absolute atomic E-state index is 0.119. The molecule has 0 fully saturated rings. The van der Waals surface area contributed by atoms with Gasteiger partial charge in [-0.15, -0.1) is 0 Å². The summed E-state index contributed by atoms with van der Waals surface area (Å²) in [6, 6.07) is 0.809. The van der Waals surface area contributed by atoms with Gasteiger partial charge in [-0.1, -0.05) is 23.4 Å². The first-order valence-corrected chi connectivity index (χ1v) is 7.15. The third-order valence-electron chi connectivity index (χ3n) is 2.36. The van der Waals surface area contributed by atoms with Crippen LogP contribution in [0.1, 0.15) is 12.5 Å². The van der Waals surface area contributed by atoms with Gasteiger partial charge in [-0.2, -0.15) is 13.2 Å². The summed E-state index contributed by atoms with van der Waals surface area (Å²) in [6.07, 6.45) is -0.784. The smallest absolute Gasteiger partial charge is 0.383 e. The minimum atomic E-state index is -4.49. The predicted molar refractivity (Wildman–Crippen MR) is 77.4 cm³/mol. The Morgan fingerprint density at radius 3 is 2.57 bits per heavy atom. The van der Waals surface area contributed by atoms with Gasteiger partial charge in [0.25, 0.3) is 0 Å². The second kappa shape index (κ2) is 7.17. The first-order valence-electron chi connectivity index (χ1n) is 5.89. The number of allylic oxidation sites excluding steroid dienone is 1. The molecule has 8 heteroatoms. The number of halogens is 4. The van der Waals surface area contributed by atoms with Crippen molar-refractivity contribution in [1.29, 1.82) is 0 Å². The Kier molecular flexibility index (Phi) is 6.10. The van der Waals surface area contributed by atoms with E-state index in [-0.39, 0.29) is 15.8 Å². The highest BCUT2D eigenvalue weighted by molar-refractivity contribution is 8.00. The van der Waals surface area contributed by atoms with Gasteiger partial charge in [-0.3, -0.25) is 4.79 Å². The molecule has 0 saturated heterocycles. The fraction of sp³-hybridized carbons (Fsp3) is 0.385. The summed E-state index contributed by atoms with van der Waals surface area (Å²) in [5.74, 6) is -0.175. The molecule has 1 aromatic rings. The molecule has 116 valence electrons. The molecule has 0 radical (unpaired) electrons. The van der Waals surface area contributed by atoms with Crippen LogP contribution in [0.15, 0.2) is 29.6 Å². The molecule has 1 unspecified atom stereocenters. The van der Waals surface area contributed by atoms with E-state index in [1.807, 2.05) is 0 Å². The van der Waals surface area contributed by atoms with E-state index in [4.69, 9.17) is 11.6 Å². The van der Waals surface area contributed by atoms with Gasteiger partial charge in [0.1, 0.15) is 5.03 Å². The molecule has 1 rings (SSSR count). The van der Waals surface area contributed by atoms with Crippen molar-refractivity contribution in [2.45, 2.75) is 23.4 Å². The summed E-state index contributed by atoms with van der Waals surface area (Å²) in [5, 5.41) is -0.419. The SMILES string of the molecule is CC(Sc1ncc(C(F)(F)F)cc1Cl)C(=O)/C=C\N(C)C. The van der Waals surface area contributed by atoms with Crippen LogP contribution in [0.4, 0.5) is 13.2 Å². The average molecular weight is 339 g/mol. The molecule has 3 nitrogen and oxygen atoms in total. The van der Waals surface area contributed by atoms with Crippen LogP contribution in [0.5, 0.6) is 0 Å². The molecule has 0 N–H and O–H groups in total. The maximum Gasteiger partial charge on any atom is 0.417 e. The standard InChI is InChI=1S/C13H14ClF3N2OS/c1-8(11(20)4-5-19(2)3)21-12-10(14)6-9(7-18-12)13(15,16)17/h4-8H,1-3H3/b5-4-. The van der Waals surface area contributed by atoms with Gasteiger partial charge < -0.3 is 4.90 Å². The minimum Gasteiger partial charge on any atom is -0.383 e. The van der Waals surface area contributed by atoms with Gasteiger partial charge in [0, 0.05) is 26.5 Å². The van der Waals surface area contributed by atoms with E-state index < -0.39 is 17.0 Å². The fourth-order valence-corrected chi connectivity index (χ4v) is 2.37. The molecule has 0 aliphatic rings. The van der Waals surface area contributed by atoms with E-state index >= 15 is 0 Å². The van der Waals surface area contributed by atoms with Crippen molar-refractivity contribution in [3.8, 4) is 0 Å². The number of hydrogen-bond acceptors (Lipinski definition) is 4. The van der Waals surface area contributed by atoms with Gasteiger partial charge in [-0.05, 0) is 19.1 Å². The van der Waals surface area contributed by atoms with Gasteiger partial charge in [0.2, 0.25) is 0 Å². The van der Waals surface area contributed by atoms with Crippen LogP contribution in [0.25, 0.3) is 0 Å². The van der Waals surface area contributed by atoms with Crippen molar-refractivity contribution in [2.75, 3.05) is 14.1 Å². The molecule has 0 saturated carbocycles. The molecule has 21 heavy (non-hydrogen) atoms. The van der Waals surface area contributed by atoms with Gasteiger partial charge in [0.05, 0.1) is 15.8 Å². The van der Waals surface area contributed by atoms with Crippen molar-refractivity contribution >= 4 is 29.1 Å². The van der Waals surface area contributed by atoms with Crippen LogP contribution in [-0.2, 0) is 11.0 Å². The quantitative estimate of drug-likeness (QED) is 0.602. The fourth-order valence-electron chi connectivity index (χ4n) is 1.25. The lowest BCUT2D eigenvalue weighted by Gasteiger charge is -2.11. The van der Waals surface area contributed by atoms with Crippen molar-refractivity contribution in [2.24, 2.45) is 0 Å². The lowest BCUT2D eigenvalue weighted by atomic mass is 10.3. The number of aromatic nitrogens is 1. The summed E-state index contributed by atoms with van der Waals surface area (Å²) in [4.78, 5) is 17.2. The molecular formula is C13H14ClF3N2OS. The molecule has 0 aromatic carbocycles. The Morgan fingerprint density at radius 2 is 2.10 bits per heavy atom. The van der Waals surface area contributed by atoms with Crippen LogP contribution in [-0.4, -0.2) is 35.0 Å². The summed E-state index contributed by atoms with van der Waals surface area (Å²) < 4.78 is 37.5. The van der Waals surface area contributed by atoms with Crippen LogP contribution >= 0.6 is 23.4 Å². The number of alkyl halides is 3. The third kappa shape index (κ3) is 5.59. The second-order valence-electron chi connectivity index (χ2n) is 4.45. The number of nitrogens with zero attached hydrogens (tertiary/aromatic N) is 2. The molecular weight excluding hydrogens is 325 g/mol. The molecule has 1 heterocycles. The van der Waals surface area contributed by atoms with Crippen LogP contribution < -0.4 is 0 Å². The maximum atomic E-state index is 12.5. The molecule has 1 atom stereocenters. The van der Waals surface area contributed by atoms with E-state index in [9.17, 15) is 18.0 Å². The van der Waals surface area contributed by atoms with Crippen molar-refractivity contribution in [3.63, 3.8) is 0 Å². The van der Waals surface area contributed by atoms with E-state index in [0.717, 1.165) is 17.8 Å². The zero-order valence-electron chi connectivity index (χ0n) is 11.6. The highest BCUT2D eigenvalue weighted by atomic mass is 35.5. The lowest BCUT2D eigenvalue weighted by Crippen LogP contribution is -2.12. The van der Waals surface area contributed by atoms with E-state index in [1.165, 1.54) is 6.08 Å². The first-order chi connectivity index (χ1) is 9.61. The van der Waals surface area contributed by atoms with Crippen LogP contribution in [0, 0.1) is 0 Å². The van der Waals surface area contributed by atoms with E-state index in [2.05, 4.69) is 4.98 Å². The summed E-state index contributed by atoms with van der Waals surface area (Å²) in [6.45, 7) is 1.64. The normalized spacial score (nSPS) is 13.5. The van der Waals surface area contributed by atoms with E-state index in [0.29, 0.717) is 6.20 Å². The Labute approximate surface area is 130 Å². The van der Waals surface area contributed by atoms with Crippen molar-refractivity contribution in [1.82, 2.24) is 9.88 Å². The Balaban J connectivity index is 2.82. The van der Waals surface area contributed by atoms with Gasteiger partial charge in [0.15, 0.2) is 5.78 Å². The van der Waals surface area contributed by atoms with Crippen LogP contribution in [0.3, 0.4) is 0 Å². The topological polar surface area (TPSA) is 33.2 Å². The molecule has 0 spiro atoms. The number of thioether (sulfide) groups is 1. The van der Waals surface area contributed by atoms with E-state index in [1.54, 1.807) is 32.1 Å². The Bertz CT molecular complexity index is 547. The zero-order chi connectivity index (χ0) is 16.2. The highest BCUT2D eigenvalue weighted by Gasteiger charge is 2.31. The molecule has 0 aliphatic heterocycles. The molecule has 0 aliphatic carbocycles. The molecule has 1 aromatic heterocycles. The molecule has 0 bridgehead atoms. The highest BCUT2D eigenvalue weighted by Crippen LogP contribution is 2.35. The number of carbonyl (C=O) groups excluding carboxylic acids is 1. The molecule has 0 amide bonds. The largest absolute Gasteiger partial charge is 0.417 e. The number of carbonyl (C=O) groups is 1. The monoisotopic (exact) mass is 338 g/mol.